The molecule has 3 rings (SSSR count). The molecule has 1 unspecified atom stereocenters. The van der Waals surface area contributed by atoms with E-state index in [2.05, 4.69) is 20.5 Å². The molecule has 26 heavy (non-hydrogen) atoms. The molecule has 0 radical (unpaired) electrons. The van der Waals surface area contributed by atoms with E-state index in [1.165, 1.54) is 24.0 Å². The minimum absolute atomic E-state index is 0.254. The van der Waals surface area contributed by atoms with Gasteiger partial charge in [0.15, 0.2) is 16.8 Å². The number of furan rings is 1. The predicted molar refractivity (Wildman–Crippen MR) is 102 cm³/mol. The second kappa shape index (κ2) is 7.69. The SMILES string of the molecule is Cc1occc1-c1nnc(SC(C)C(=O)Nc2ncc(Cl)cc2Cl)n1C. The zero-order valence-corrected chi connectivity index (χ0v) is 16.5. The number of thioether (sulfide) groups is 1. The van der Waals surface area contributed by atoms with Crippen molar-refractivity contribution < 1.29 is 9.21 Å². The van der Waals surface area contributed by atoms with Crippen LogP contribution in [0.4, 0.5) is 5.82 Å². The van der Waals surface area contributed by atoms with Crippen molar-refractivity contribution in [3.8, 4) is 11.4 Å². The summed E-state index contributed by atoms with van der Waals surface area (Å²) in [7, 11) is 1.84. The van der Waals surface area contributed by atoms with Gasteiger partial charge in [-0.2, -0.15) is 0 Å². The first kappa shape index (κ1) is 18.8. The summed E-state index contributed by atoms with van der Waals surface area (Å²) in [4.78, 5) is 16.4. The summed E-state index contributed by atoms with van der Waals surface area (Å²) in [6.07, 6.45) is 3.02. The Bertz CT molecular complexity index is 956. The molecule has 1 atom stereocenters. The Balaban J connectivity index is 1.72. The molecule has 0 aromatic carbocycles. The first-order valence-corrected chi connectivity index (χ1v) is 9.22. The quantitative estimate of drug-likeness (QED) is 0.632. The summed E-state index contributed by atoms with van der Waals surface area (Å²) in [6.45, 7) is 3.62. The fraction of sp³-hybridized carbons (Fsp3) is 0.250. The molecule has 3 aromatic heterocycles. The molecule has 0 saturated heterocycles. The molecule has 0 aliphatic carbocycles. The van der Waals surface area contributed by atoms with E-state index in [0.717, 1.165) is 11.3 Å². The number of aromatic nitrogens is 4. The summed E-state index contributed by atoms with van der Waals surface area (Å²) >= 11 is 13.1. The number of rotatable bonds is 5. The number of hydrogen-bond donors (Lipinski definition) is 1. The number of anilines is 1. The van der Waals surface area contributed by atoms with Crippen LogP contribution in [0.25, 0.3) is 11.4 Å². The Hall–Kier alpha value is -2.03. The average molecular weight is 412 g/mol. The van der Waals surface area contributed by atoms with Gasteiger partial charge >= 0.3 is 0 Å². The number of nitrogens with zero attached hydrogens (tertiary/aromatic N) is 4. The summed E-state index contributed by atoms with van der Waals surface area (Å²) < 4.78 is 7.13. The Morgan fingerprint density at radius 2 is 2.15 bits per heavy atom. The van der Waals surface area contributed by atoms with Gasteiger partial charge in [-0.1, -0.05) is 35.0 Å². The predicted octanol–water partition coefficient (Wildman–Crippen LogP) is 4.20. The summed E-state index contributed by atoms with van der Waals surface area (Å²) in [5.74, 6) is 1.44. The van der Waals surface area contributed by atoms with Crippen molar-refractivity contribution in [1.82, 2.24) is 19.7 Å². The van der Waals surface area contributed by atoms with E-state index in [-0.39, 0.29) is 16.7 Å². The minimum Gasteiger partial charge on any atom is -0.469 e. The van der Waals surface area contributed by atoms with E-state index in [1.807, 2.05) is 24.6 Å². The molecule has 0 bridgehead atoms. The monoisotopic (exact) mass is 411 g/mol. The van der Waals surface area contributed by atoms with E-state index >= 15 is 0 Å². The third-order valence-corrected chi connectivity index (χ3v) is 5.26. The molecule has 0 aliphatic heterocycles. The van der Waals surface area contributed by atoms with Crippen LogP contribution < -0.4 is 5.32 Å². The number of halogens is 2. The normalized spacial score (nSPS) is 12.2. The number of hydrogen-bond acceptors (Lipinski definition) is 6. The lowest BCUT2D eigenvalue weighted by molar-refractivity contribution is -0.115. The smallest absolute Gasteiger partial charge is 0.238 e. The maximum atomic E-state index is 12.4. The van der Waals surface area contributed by atoms with Crippen molar-refractivity contribution in [2.24, 2.45) is 7.05 Å². The Labute approximate surface area is 164 Å². The molecule has 3 aromatic rings. The fourth-order valence-electron chi connectivity index (χ4n) is 2.21. The van der Waals surface area contributed by atoms with Crippen LogP contribution in [0.1, 0.15) is 12.7 Å². The van der Waals surface area contributed by atoms with Crippen molar-refractivity contribution in [2.75, 3.05) is 5.32 Å². The minimum atomic E-state index is -0.440. The van der Waals surface area contributed by atoms with E-state index < -0.39 is 5.25 Å². The molecule has 136 valence electrons. The Kier molecular flexibility index (Phi) is 5.55. The number of pyridine rings is 1. The summed E-state index contributed by atoms with van der Waals surface area (Å²) in [5.41, 5.74) is 0.862. The standard InChI is InChI=1S/C16H15Cl2N5O2S/c1-8-11(4-5-25-8)14-21-22-16(23(14)3)26-9(2)15(24)20-13-12(18)6-10(17)7-19-13/h4-7,9H,1-3H3,(H,19,20,24). The van der Waals surface area contributed by atoms with Gasteiger partial charge in [-0.05, 0) is 26.0 Å². The zero-order valence-electron chi connectivity index (χ0n) is 14.2. The second-order valence-electron chi connectivity index (χ2n) is 5.49. The fourth-order valence-corrected chi connectivity index (χ4v) is 3.45. The van der Waals surface area contributed by atoms with Gasteiger partial charge in [0.25, 0.3) is 0 Å². The summed E-state index contributed by atoms with van der Waals surface area (Å²) in [5, 5.41) is 11.9. The molecule has 1 N–H and O–H groups in total. The lowest BCUT2D eigenvalue weighted by Gasteiger charge is -2.12. The van der Waals surface area contributed by atoms with E-state index in [0.29, 0.717) is 16.0 Å². The van der Waals surface area contributed by atoms with Gasteiger partial charge in [0.2, 0.25) is 5.91 Å². The molecule has 1 amide bonds. The molecule has 3 heterocycles. The van der Waals surface area contributed by atoms with Gasteiger partial charge in [0.05, 0.1) is 27.1 Å². The van der Waals surface area contributed by atoms with Crippen molar-refractivity contribution >= 4 is 46.7 Å². The van der Waals surface area contributed by atoms with Gasteiger partial charge < -0.3 is 14.3 Å². The topological polar surface area (TPSA) is 85.8 Å². The molecule has 10 heteroatoms. The maximum Gasteiger partial charge on any atom is 0.238 e. The van der Waals surface area contributed by atoms with Gasteiger partial charge in [0.1, 0.15) is 5.76 Å². The van der Waals surface area contributed by atoms with Crippen LogP contribution in [0.3, 0.4) is 0 Å². The number of carbonyl (C=O) groups excluding carboxylic acids is 1. The lowest BCUT2D eigenvalue weighted by atomic mass is 10.2. The largest absolute Gasteiger partial charge is 0.469 e. The number of nitrogens with one attached hydrogen (secondary N) is 1. The molecule has 0 spiro atoms. The van der Waals surface area contributed by atoms with Crippen LogP contribution in [0.15, 0.2) is 34.2 Å². The zero-order chi connectivity index (χ0) is 18.8. The number of carbonyl (C=O) groups is 1. The third kappa shape index (κ3) is 3.87. The van der Waals surface area contributed by atoms with E-state index in [1.54, 1.807) is 13.2 Å². The van der Waals surface area contributed by atoms with Crippen molar-refractivity contribution in [3.63, 3.8) is 0 Å². The molecule has 0 fully saturated rings. The maximum absolute atomic E-state index is 12.4. The highest BCUT2D eigenvalue weighted by atomic mass is 35.5. The van der Waals surface area contributed by atoms with E-state index in [9.17, 15) is 4.79 Å². The highest BCUT2D eigenvalue weighted by Crippen LogP contribution is 2.29. The number of aryl methyl sites for hydroxylation is 1. The number of amides is 1. The van der Waals surface area contributed by atoms with Crippen molar-refractivity contribution in [3.05, 3.63) is 40.4 Å². The van der Waals surface area contributed by atoms with Gasteiger partial charge in [-0.3, -0.25) is 4.79 Å². The molecule has 0 aliphatic rings. The molecule has 0 saturated carbocycles. The van der Waals surface area contributed by atoms with Crippen LogP contribution in [0.5, 0.6) is 0 Å². The van der Waals surface area contributed by atoms with Crippen molar-refractivity contribution in [2.45, 2.75) is 24.3 Å². The van der Waals surface area contributed by atoms with Crippen LogP contribution >= 0.6 is 35.0 Å². The van der Waals surface area contributed by atoms with Gasteiger partial charge in [-0.15, -0.1) is 10.2 Å². The Morgan fingerprint density at radius 1 is 1.38 bits per heavy atom. The lowest BCUT2D eigenvalue weighted by Crippen LogP contribution is -2.23. The van der Waals surface area contributed by atoms with Gasteiger partial charge in [-0.25, -0.2) is 4.98 Å². The van der Waals surface area contributed by atoms with Crippen LogP contribution in [-0.2, 0) is 11.8 Å². The highest BCUT2D eigenvalue weighted by Gasteiger charge is 2.21. The van der Waals surface area contributed by atoms with Gasteiger partial charge in [0, 0.05) is 13.2 Å². The second-order valence-corrected chi connectivity index (χ2v) is 7.64. The molecule has 7 nitrogen and oxygen atoms in total. The summed E-state index contributed by atoms with van der Waals surface area (Å²) in [6, 6.07) is 3.35. The van der Waals surface area contributed by atoms with Crippen molar-refractivity contribution in [1.29, 1.82) is 0 Å². The molecular formula is C16H15Cl2N5O2S. The first-order chi connectivity index (χ1) is 12.4. The third-order valence-electron chi connectivity index (χ3n) is 3.64. The highest BCUT2D eigenvalue weighted by molar-refractivity contribution is 8.00. The van der Waals surface area contributed by atoms with Crippen LogP contribution in [-0.4, -0.2) is 30.9 Å². The average Bonchev–Trinajstić information content (AvgIpc) is 3.16. The van der Waals surface area contributed by atoms with Crippen LogP contribution in [0.2, 0.25) is 10.0 Å². The van der Waals surface area contributed by atoms with Crippen LogP contribution in [0, 0.1) is 6.92 Å². The first-order valence-electron chi connectivity index (χ1n) is 7.59. The van der Waals surface area contributed by atoms with E-state index in [4.69, 9.17) is 27.6 Å². The molecular weight excluding hydrogens is 397 g/mol. The Morgan fingerprint density at radius 3 is 2.81 bits per heavy atom.